The fourth-order valence-corrected chi connectivity index (χ4v) is 2.35. The van der Waals surface area contributed by atoms with E-state index in [9.17, 15) is 0 Å². The molecule has 0 aliphatic carbocycles. The van der Waals surface area contributed by atoms with Crippen molar-refractivity contribution in [3.05, 3.63) is 23.8 Å². The predicted molar refractivity (Wildman–Crippen MR) is 80.0 cm³/mol. The van der Waals surface area contributed by atoms with Gasteiger partial charge in [-0.05, 0) is 25.8 Å². The highest BCUT2D eigenvalue weighted by molar-refractivity contribution is 6.00. The molecule has 4 nitrogen and oxygen atoms in total. The van der Waals surface area contributed by atoms with Crippen molar-refractivity contribution in [3.8, 4) is 5.75 Å². The molecule has 1 aromatic rings. The first-order valence-corrected chi connectivity index (χ1v) is 7.02. The molecule has 0 bridgehead atoms. The second kappa shape index (κ2) is 6.06. The molecule has 1 heterocycles. The maximum absolute atomic E-state index is 6.09. The predicted octanol–water partition coefficient (Wildman–Crippen LogP) is 3.10. The Hall–Kier alpha value is -1.55. The maximum atomic E-state index is 6.09. The Kier molecular flexibility index (Phi) is 4.43. The molecule has 104 valence electrons. The molecule has 0 amide bonds. The average molecular weight is 261 g/mol. The summed E-state index contributed by atoms with van der Waals surface area (Å²) in [6, 6.07) is 6.25. The molecule has 1 atom stereocenters. The zero-order chi connectivity index (χ0) is 13.8. The summed E-state index contributed by atoms with van der Waals surface area (Å²) in [4.78, 5) is 4.53. The van der Waals surface area contributed by atoms with Crippen LogP contribution in [0.15, 0.2) is 23.2 Å². The first kappa shape index (κ1) is 13.9. The maximum Gasteiger partial charge on any atom is 0.143 e. The monoisotopic (exact) mass is 261 g/mol. The SMILES string of the molecule is CCC(CC)Oc1cccc2c1NC(CN)=NC2C. The third-order valence-electron chi connectivity index (χ3n) is 3.52. The van der Waals surface area contributed by atoms with Crippen LogP contribution in [0.1, 0.15) is 45.2 Å². The Balaban J connectivity index is 2.31. The summed E-state index contributed by atoms with van der Waals surface area (Å²) in [6.45, 7) is 6.79. The summed E-state index contributed by atoms with van der Waals surface area (Å²) < 4.78 is 6.09. The number of hydrogen-bond donors (Lipinski definition) is 2. The minimum absolute atomic E-state index is 0.125. The lowest BCUT2D eigenvalue weighted by Gasteiger charge is -2.26. The van der Waals surface area contributed by atoms with E-state index in [-0.39, 0.29) is 12.1 Å². The van der Waals surface area contributed by atoms with E-state index in [0.717, 1.165) is 30.1 Å². The highest BCUT2D eigenvalue weighted by atomic mass is 16.5. The van der Waals surface area contributed by atoms with Gasteiger partial charge in [0.15, 0.2) is 0 Å². The normalized spacial score (nSPS) is 17.7. The van der Waals surface area contributed by atoms with Crippen molar-refractivity contribution >= 4 is 11.5 Å². The molecule has 2 rings (SSSR count). The quantitative estimate of drug-likeness (QED) is 0.856. The van der Waals surface area contributed by atoms with Crippen molar-refractivity contribution < 1.29 is 4.74 Å². The van der Waals surface area contributed by atoms with E-state index in [1.807, 2.05) is 12.1 Å². The van der Waals surface area contributed by atoms with E-state index in [0.29, 0.717) is 6.54 Å². The second-order valence-corrected chi connectivity index (χ2v) is 4.86. The Morgan fingerprint density at radius 1 is 1.37 bits per heavy atom. The van der Waals surface area contributed by atoms with Crippen molar-refractivity contribution in [2.75, 3.05) is 11.9 Å². The van der Waals surface area contributed by atoms with Crippen LogP contribution in [0.3, 0.4) is 0 Å². The molecular weight excluding hydrogens is 238 g/mol. The van der Waals surface area contributed by atoms with Crippen molar-refractivity contribution in [2.24, 2.45) is 10.7 Å². The van der Waals surface area contributed by atoms with Crippen LogP contribution in [-0.4, -0.2) is 18.5 Å². The van der Waals surface area contributed by atoms with Crippen molar-refractivity contribution in [1.29, 1.82) is 0 Å². The van der Waals surface area contributed by atoms with Crippen molar-refractivity contribution in [3.63, 3.8) is 0 Å². The smallest absolute Gasteiger partial charge is 0.143 e. The summed E-state index contributed by atoms with van der Waals surface area (Å²) in [5, 5.41) is 3.30. The number of nitrogens with one attached hydrogen (secondary N) is 1. The van der Waals surface area contributed by atoms with Gasteiger partial charge in [0.25, 0.3) is 0 Å². The fraction of sp³-hybridized carbons (Fsp3) is 0.533. The molecule has 1 aliphatic rings. The van der Waals surface area contributed by atoms with Gasteiger partial charge in [0.05, 0.1) is 24.4 Å². The zero-order valence-corrected chi connectivity index (χ0v) is 11.9. The van der Waals surface area contributed by atoms with Gasteiger partial charge in [-0.3, -0.25) is 4.99 Å². The van der Waals surface area contributed by atoms with Gasteiger partial charge in [0.1, 0.15) is 11.6 Å². The highest BCUT2D eigenvalue weighted by Crippen LogP contribution is 2.37. The van der Waals surface area contributed by atoms with Crippen LogP contribution in [0.5, 0.6) is 5.75 Å². The third-order valence-corrected chi connectivity index (χ3v) is 3.52. The number of anilines is 1. The molecule has 19 heavy (non-hydrogen) atoms. The standard InChI is InChI=1S/C15H23N3O/c1-4-11(5-2)19-13-8-6-7-12-10(3)17-14(9-16)18-15(12)13/h6-8,10-11H,4-5,9,16H2,1-3H3,(H,17,18). The van der Waals surface area contributed by atoms with E-state index in [1.54, 1.807) is 0 Å². The van der Waals surface area contributed by atoms with Crippen LogP contribution < -0.4 is 15.8 Å². The summed E-state index contributed by atoms with van der Waals surface area (Å²) in [5.74, 6) is 1.72. The number of rotatable bonds is 5. The van der Waals surface area contributed by atoms with Gasteiger partial charge in [-0.15, -0.1) is 0 Å². The first-order valence-electron chi connectivity index (χ1n) is 7.02. The minimum atomic E-state index is 0.125. The second-order valence-electron chi connectivity index (χ2n) is 4.86. The molecule has 0 aromatic heterocycles. The Morgan fingerprint density at radius 2 is 2.11 bits per heavy atom. The molecule has 1 unspecified atom stereocenters. The molecule has 3 N–H and O–H groups in total. The molecule has 1 aromatic carbocycles. The topological polar surface area (TPSA) is 59.6 Å². The fourth-order valence-electron chi connectivity index (χ4n) is 2.35. The zero-order valence-electron chi connectivity index (χ0n) is 11.9. The van der Waals surface area contributed by atoms with Gasteiger partial charge in [-0.25, -0.2) is 0 Å². The average Bonchev–Trinajstić information content (AvgIpc) is 2.44. The number of ether oxygens (including phenoxy) is 1. The lowest BCUT2D eigenvalue weighted by molar-refractivity contribution is 0.194. The van der Waals surface area contributed by atoms with Gasteiger partial charge in [-0.2, -0.15) is 0 Å². The number of nitrogens with zero attached hydrogens (tertiary/aromatic N) is 1. The molecule has 0 saturated carbocycles. The van der Waals surface area contributed by atoms with E-state index >= 15 is 0 Å². The Labute approximate surface area is 115 Å². The largest absolute Gasteiger partial charge is 0.488 e. The molecule has 0 fully saturated rings. The summed E-state index contributed by atoms with van der Waals surface area (Å²) in [5.41, 5.74) is 7.88. The van der Waals surface area contributed by atoms with Gasteiger partial charge in [0, 0.05) is 5.56 Å². The Bertz CT molecular complexity index is 466. The summed E-state index contributed by atoms with van der Waals surface area (Å²) >= 11 is 0. The van der Waals surface area contributed by atoms with Gasteiger partial charge < -0.3 is 15.8 Å². The molecule has 4 heteroatoms. The van der Waals surface area contributed by atoms with Crippen LogP contribution >= 0.6 is 0 Å². The van der Waals surface area contributed by atoms with E-state index in [2.05, 4.69) is 37.1 Å². The molecule has 0 radical (unpaired) electrons. The molecule has 0 saturated heterocycles. The number of fused-ring (bicyclic) bond motifs is 1. The van der Waals surface area contributed by atoms with Gasteiger partial charge >= 0.3 is 0 Å². The molecule has 1 aliphatic heterocycles. The number of hydrogen-bond acceptors (Lipinski definition) is 4. The first-order chi connectivity index (χ1) is 9.19. The van der Waals surface area contributed by atoms with Gasteiger partial charge in [-0.1, -0.05) is 26.0 Å². The van der Waals surface area contributed by atoms with Crippen LogP contribution in [0.4, 0.5) is 5.69 Å². The van der Waals surface area contributed by atoms with Crippen LogP contribution in [-0.2, 0) is 0 Å². The lowest BCUT2D eigenvalue weighted by Crippen LogP contribution is -2.28. The van der Waals surface area contributed by atoms with E-state index in [1.165, 1.54) is 5.56 Å². The Morgan fingerprint density at radius 3 is 2.74 bits per heavy atom. The van der Waals surface area contributed by atoms with Crippen LogP contribution in [0, 0.1) is 0 Å². The van der Waals surface area contributed by atoms with Crippen molar-refractivity contribution in [2.45, 2.75) is 45.8 Å². The number of aliphatic imine (C=N–C) groups is 1. The van der Waals surface area contributed by atoms with E-state index < -0.39 is 0 Å². The number of nitrogens with two attached hydrogens (primary N) is 1. The van der Waals surface area contributed by atoms with Crippen LogP contribution in [0.25, 0.3) is 0 Å². The third kappa shape index (κ3) is 2.89. The summed E-state index contributed by atoms with van der Waals surface area (Å²) in [6.07, 6.45) is 2.27. The molecule has 0 spiro atoms. The molecular formula is C15H23N3O. The lowest BCUT2D eigenvalue weighted by atomic mass is 10.0. The van der Waals surface area contributed by atoms with E-state index in [4.69, 9.17) is 10.5 Å². The minimum Gasteiger partial charge on any atom is -0.488 e. The number of para-hydroxylation sites is 1. The van der Waals surface area contributed by atoms with Gasteiger partial charge in [0.2, 0.25) is 0 Å². The summed E-state index contributed by atoms with van der Waals surface area (Å²) in [7, 11) is 0. The number of benzene rings is 1. The van der Waals surface area contributed by atoms with Crippen LogP contribution in [0.2, 0.25) is 0 Å². The van der Waals surface area contributed by atoms with Crippen molar-refractivity contribution in [1.82, 2.24) is 0 Å². The highest BCUT2D eigenvalue weighted by Gasteiger charge is 2.21. The number of amidine groups is 1.